The summed E-state index contributed by atoms with van der Waals surface area (Å²) >= 11 is 12.3. The Morgan fingerprint density at radius 1 is 1.21 bits per heavy atom. The molecule has 2 aromatic rings. The zero-order chi connectivity index (χ0) is 20.8. The average molecular weight is 461 g/mol. The molecule has 0 saturated carbocycles. The minimum Gasteiger partial charge on any atom is -0.480 e. The van der Waals surface area contributed by atoms with Gasteiger partial charge in [0.15, 0.2) is 0 Å². The molecule has 0 radical (unpaired) electrons. The number of aliphatic carboxylic acids is 1. The van der Waals surface area contributed by atoms with Crippen molar-refractivity contribution in [1.82, 2.24) is 5.32 Å². The first kappa shape index (κ1) is 25.0. The Kier molecular flexibility index (Phi) is 9.73. The number of carbonyl (C=O) groups is 2. The summed E-state index contributed by atoms with van der Waals surface area (Å²) in [5.41, 5.74) is 7.70. The number of benzene rings is 2. The first-order valence-electron chi connectivity index (χ1n) is 8.74. The van der Waals surface area contributed by atoms with Gasteiger partial charge in [-0.3, -0.25) is 4.79 Å². The third-order valence-corrected chi connectivity index (χ3v) is 4.89. The van der Waals surface area contributed by atoms with Gasteiger partial charge in [0.05, 0.1) is 12.5 Å². The molecule has 2 unspecified atom stereocenters. The van der Waals surface area contributed by atoms with E-state index in [0.29, 0.717) is 21.3 Å². The molecule has 5 N–H and O–H groups in total. The molecule has 1 aliphatic heterocycles. The highest BCUT2D eigenvalue weighted by molar-refractivity contribution is 6.35. The van der Waals surface area contributed by atoms with Gasteiger partial charge in [0.1, 0.15) is 6.04 Å². The summed E-state index contributed by atoms with van der Waals surface area (Å²) < 4.78 is 0. The van der Waals surface area contributed by atoms with Gasteiger partial charge in [-0.05, 0) is 31.7 Å². The molecule has 1 heterocycles. The number of aryl methyl sites for hydroxylation is 1. The number of amides is 1. The Bertz CT molecular complexity index is 860. The van der Waals surface area contributed by atoms with Crippen LogP contribution in [-0.4, -0.2) is 30.1 Å². The van der Waals surface area contributed by atoms with Crippen molar-refractivity contribution in [3.8, 4) is 0 Å². The standard InChI is InChI=1S/C19H18Cl2N2O3.CH5N.ClH/c1-10-2-4-11(5-3-10)6-17(24)23-15-9-16(19(25)26)22-14-8-12(20)7-13(21)18(14)15;1-2;/h2-5,7-8,15-16,22H,6,9H2,1H3,(H,23,24)(H,25,26);2H2,1H3;1H. The van der Waals surface area contributed by atoms with Crippen LogP contribution in [0.2, 0.25) is 10.0 Å². The molecule has 9 heteroatoms. The molecule has 1 amide bonds. The first-order valence-corrected chi connectivity index (χ1v) is 9.50. The van der Waals surface area contributed by atoms with E-state index in [2.05, 4.69) is 16.4 Å². The largest absolute Gasteiger partial charge is 0.480 e. The summed E-state index contributed by atoms with van der Waals surface area (Å²) in [6.07, 6.45) is 0.409. The molecular formula is C20H24Cl3N3O3. The summed E-state index contributed by atoms with van der Waals surface area (Å²) in [7, 11) is 1.50. The molecule has 158 valence electrons. The number of fused-ring (bicyclic) bond motifs is 1. The van der Waals surface area contributed by atoms with E-state index in [1.165, 1.54) is 7.05 Å². The lowest BCUT2D eigenvalue weighted by Gasteiger charge is -2.32. The third kappa shape index (κ3) is 6.51. The van der Waals surface area contributed by atoms with E-state index in [-0.39, 0.29) is 31.2 Å². The van der Waals surface area contributed by atoms with Crippen molar-refractivity contribution in [3.63, 3.8) is 0 Å². The van der Waals surface area contributed by atoms with Crippen LogP contribution in [-0.2, 0) is 16.0 Å². The molecule has 0 aliphatic carbocycles. The molecule has 0 aromatic heterocycles. The smallest absolute Gasteiger partial charge is 0.326 e. The Morgan fingerprint density at radius 2 is 1.83 bits per heavy atom. The van der Waals surface area contributed by atoms with Crippen molar-refractivity contribution in [1.29, 1.82) is 0 Å². The second-order valence-corrected chi connectivity index (χ2v) is 7.25. The van der Waals surface area contributed by atoms with E-state index in [1.54, 1.807) is 12.1 Å². The Labute approximate surface area is 186 Å². The quantitative estimate of drug-likeness (QED) is 0.553. The van der Waals surface area contributed by atoms with Gasteiger partial charge < -0.3 is 21.5 Å². The number of anilines is 1. The van der Waals surface area contributed by atoms with Gasteiger partial charge in [-0.1, -0.05) is 53.0 Å². The lowest BCUT2D eigenvalue weighted by atomic mass is 9.92. The van der Waals surface area contributed by atoms with Crippen LogP contribution in [0.3, 0.4) is 0 Å². The van der Waals surface area contributed by atoms with Crippen molar-refractivity contribution < 1.29 is 14.7 Å². The highest BCUT2D eigenvalue weighted by atomic mass is 35.5. The molecule has 3 rings (SSSR count). The number of carboxylic acid groups (broad SMARTS) is 1. The third-order valence-electron chi connectivity index (χ3n) is 4.36. The number of carboxylic acids is 1. The number of hydrogen-bond acceptors (Lipinski definition) is 4. The van der Waals surface area contributed by atoms with Crippen molar-refractivity contribution in [2.45, 2.75) is 31.8 Å². The summed E-state index contributed by atoms with van der Waals surface area (Å²) in [5.74, 6) is -1.19. The van der Waals surface area contributed by atoms with Crippen LogP contribution in [0.25, 0.3) is 0 Å². The number of nitrogens with two attached hydrogens (primary N) is 1. The van der Waals surface area contributed by atoms with Crippen LogP contribution in [0.5, 0.6) is 0 Å². The van der Waals surface area contributed by atoms with Crippen LogP contribution in [0.15, 0.2) is 36.4 Å². The van der Waals surface area contributed by atoms with Gasteiger partial charge in [0.25, 0.3) is 0 Å². The maximum absolute atomic E-state index is 12.5. The average Bonchev–Trinajstić information content (AvgIpc) is 2.64. The molecule has 2 atom stereocenters. The van der Waals surface area contributed by atoms with Crippen molar-refractivity contribution in [2.75, 3.05) is 12.4 Å². The van der Waals surface area contributed by atoms with E-state index >= 15 is 0 Å². The molecular weight excluding hydrogens is 437 g/mol. The van der Waals surface area contributed by atoms with Gasteiger partial charge in [0.2, 0.25) is 5.91 Å². The van der Waals surface area contributed by atoms with Crippen molar-refractivity contribution in [3.05, 3.63) is 63.1 Å². The number of hydrogen-bond donors (Lipinski definition) is 4. The number of nitrogens with one attached hydrogen (secondary N) is 2. The summed E-state index contributed by atoms with van der Waals surface area (Å²) in [4.78, 5) is 23.9. The minimum absolute atomic E-state index is 0. The maximum atomic E-state index is 12.5. The van der Waals surface area contributed by atoms with E-state index in [9.17, 15) is 14.7 Å². The Morgan fingerprint density at radius 3 is 2.41 bits per heavy atom. The summed E-state index contributed by atoms with van der Waals surface area (Å²) in [5, 5.41) is 16.0. The number of carbonyl (C=O) groups excluding carboxylic acids is 1. The predicted octanol–water partition coefficient (Wildman–Crippen LogP) is 3.97. The maximum Gasteiger partial charge on any atom is 0.326 e. The van der Waals surface area contributed by atoms with E-state index in [0.717, 1.165) is 11.1 Å². The molecule has 1 aliphatic rings. The molecule has 0 saturated heterocycles. The van der Waals surface area contributed by atoms with Crippen LogP contribution in [0.4, 0.5) is 5.69 Å². The van der Waals surface area contributed by atoms with Gasteiger partial charge >= 0.3 is 5.97 Å². The molecule has 0 bridgehead atoms. The molecule has 6 nitrogen and oxygen atoms in total. The van der Waals surface area contributed by atoms with Gasteiger partial charge in [0, 0.05) is 27.7 Å². The SMILES string of the molecule is CN.Cc1ccc(CC(=O)NC2CC(C(=O)O)Nc3cc(Cl)cc(Cl)c32)cc1.Cl. The fourth-order valence-electron chi connectivity index (χ4n) is 3.09. The second-order valence-electron chi connectivity index (χ2n) is 6.40. The molecule has 2 aromatic carbocycles. The molecule has 0 fully saturated rings. The second kappa shape index (κ2) is 11.3. The van der Waals surface area contributed by atoms with E-state index in [4.69, 9.17) is 23.2 Å². The normalized spacial score (nSPS) is 16.9. The van der Waals surface area contributed by atoms with Crippen LogP contribution >= 0.6 is 35.6 Å². The van der Waals surface area contributed by atoms with Crippen LogP contribution < -0.4 is 16.4 Å². The Hall–Kier alpha value is -1.99. The zero-order valence-electron chi connectivity index (χ0n) is 16.0. The zero-order valence-corrected chi connectivity index (χ0v) is 18.4. The lowest BCUT2D eigenvalue weighted by molar-refractivity contribution is -0.138. The topological polar surface area (TPSA) is 104 Å². The molecule has 29 heavy (non-hydrogen) atoms. The van der Waals surface area contributed by atoms with Gasteiger partial charge in [-0.25, -0.2) is 4.79 Å². The Balaban J connectivity index is 0.00000136. The highest BCUT2D eigenvalue weighted by Crippen LogP contribution is 2.39. The first-order chi connectivity index (χ1) is 13.3. The minimum atomic E-state index is -0.996. The highest BCUT2D eigenvalue weighted by Gasteiger charge is 2.33. The summed E-state index contributed by atoms with van der Waals surface area (Å²) in [6, 6.07) is 9.57. The number of halogens is 3. The lowest BCUT2D eigenvalue weighted by Crippen LogP contribution is -2.41. The monoisotopic (exact) mass is 459 g/mol. The van der Waals surface area contributed by atoms with Crippen LogP contribution in [0.1, 0.15) is 29.2 Å². The predicted molar refractivity (Wildman–Crippen MR) is 119 cm³/mol. The van der Waals surface area contributed by atoms with E-state index < -0.39 is 18.1 Å². The molecule has 0 spiro atoms. The summed E-state index contributed by atoms with van der Waals surface area (Å²) in [6.45, 7) is 1.98. The van der Waals surface area contributed by atoms with Gasteiger partial charge in [-0.2, -0.15) is 0 Å². The fourth-order valence-corrected chi connectivity index (χ4v) is 3.71. The number of rotatable bonds is 4. The fraction of sp³-hybridized carbons (Fsp3) is 0.300. The van der Waals surface area contributed by atoms with E-state index in [1.807, 2.05) is 31.2 Å². The van der Waals surface area contributed by atoms with Crippen molar-refractivity contribution in [2.24, 2.45) is 5.73 Å². The van der Waals surface area contributed by atoms with Crippen molar-refractivity contribution >= 4 is 53.2 Å². The van der Waals surface area contributed by atoms with Gasteiger partial charge in [-0.15, -0.1) is 12.4 Å². The van der Waals surface area contributed by atoms with Crippen LogP contribution in [0, 0.1) is 6.92 Å².